The maximum absolute atomic E-state index is 13.0. The molecule has 0 bridgehead atoms. The summed E-state index contributed by atoms with van der Waals surface area (Å²) in [4.78, 5) is 15.5. The number of amides is 1. The largest absolute Gasteiger partial charge is 0.319 e. The van der Waals surface area contributed by atoms with Crippen molar-refractivity contribution in [1.29, 1.82) is 0 Å². The van der Waals surface area contributed by atoms with Gasteiger partial charge in [0.25, 0.3) is 0 Å². The van der Waals surface area contributed by atoms with Crippen LogP contribution >= 0.6 is 23.7 Å². The zero-order valence-electron chi connectivity index (χ0n) is 10.00. The molecule has 2 rings (SSSR count). The van der Waals surface area contributed by atoms with Gasteiger partial charge >= 0.3 is 0 Å². The zero-order chi connectivity index (χ0) is 13.1. The first-order valence-electron chi connectivity index (χ1n) is 5.30. The third-order valence-corrected chi connectivity index (χ3v) is 3.21. The van der Waals surface area contributed by atoms with Gasteiger partial charge in [0.2, 0.25) is 5.91 Å². The molecule has 0 radical (unpaired) electrons. The van der Waals surface area contributed by atoms with E-state index in [1.165, 1.54) is 0 Å². The molecule has 0 unspecified atom stereocenters. The lowest BCUT2D eigenvalue weighted by molar-refractivity contribution is -0.116. The van der Waals surface area contributed by atoms with E-state index in [4.69, 9.17) is 0 Å². The quantitative estimate of drug-likeness (QED) is 0.912. The Kier molecular flexibility index (Phi) is 5.59. The molecule has 0 saturated heterocycles. The smallest absolute Gasteiger partial charge is 0.227 e. The van der Waals surface area contributed by atoms with Crippen molar-refractivity contribution < 1.29 is 13.6 Å². The first kappa shape index (κ1) is 15.7. The number of nitrogens with zero attached hydrogens (tertiary/aromatic N) is 1. The van der Waals surface area contributed by atoms with Crippen molar-refractivity contribution in [2.45, 2.75) is 6.42 Å². The summed E-state index contributed by atoms with van der Waals surface area (Å²) >= 11 is 1.11. The average molecular weight is 308 g/mol. The van der Waals surface area contributed by atoms with Crippen LogP contribution in [0.2, 0.25) is 0 Å². The Hall–Kier alpha value is -1.31. The lowest BCUT2D eigenvalue weighted by Crippen LogP contribution is -2.18. The van der Waals surface area contributed by atoms with Gasteiger partial charge in [-0.05, 0) is 13.1 Å². The number of carbonyl (C=O) groups excluding carboxylic acids is 1. The van der Waals surface area contributed by atoms with Crippen LogP contribution in [-0.2, 0) is 4.79 Å². The van der Waals surface area contributed by atoms with E-state index < -0.39 is 11.6 Å². The SMILES string of the molecule is CNCCC(=O)Nc1nc2cc(F)c(F)cc2s1.Cl. The third kappa shape index (κ3) is 3.82. The molecule has 2 aromatic rings. The van der Waals surface area contributed by atoms with Gasteiger partial charge in [0.05, 0.1) is 10.2 Å². The molecule has 1 aromatic heterocycles. The van der Waals surface area contributed by atoms with Gasteiger partial charge in [-0.25, -0.2) is 13.8 Å². The molecule has 0 spiro atoms. The molecule has 19 heavy (non-hydrogen) atoms. The minimum Gasteiger partial charge on any atom is -0.319 e. The molecule has 104 valence electrons. The summed E-state index contributed by atoms with van der Waals surface area (Å²) in [6.45, 7) is 0.556. The minimum atomic E-state index is -0.944. The summed E-state index contributed by atoms with van der Waals surface area (Å²) in [6.07, 6.45) is 0.315. The van der Waals surface area contributed by atoms with Gasteiger partial charge in [0.1, 0.15) is 0 Å². The first-order valence-corrected chi connectivity index (χ1v) is 6.12. The third-order valence-electron chi connectivity index (χ3n) is 2.28. The van der Waals surface area contributed by atoms with Gasteiger partial charge in [0.15, 0.2) is 16.8 Å². The van der Waals surface area contributed by atoms with Crippen LogP contribution in [0.1, 0.15) is 6.42 Å². The van der Waals surface area contributed by atoms with Gasteiger partial charge in [-0.15, -0.1) is 12.4 Å². The highest BCUT2D eigenvalue weighted by molar-refractivity contribution is 7.22. The Morgan fingerprint density at radius 2 is 2.05 bits per heavy atom. The molecule has 0 fully saturated rings. The van der Waals surface area contributed by atoms with Crippen LogP contribution in [0, 0.1) is 11.6 Å². The fourth-order valence-electron chi connectivity index (χ4n) is 1.40. The van der Waals surface area contributed by atoms with Gasteiger partial charge in [-0.3, -0.25) is 4.79 Å². The number of carbonyl (C=O) groups is 1. The standard InChI is InChI=1S/C11H11F2N3OS.ClH/c1-14-3-2-10(17)16-11-15-8-4-6(12)7(13)5-9(8)18-11;/h4-5,14H,2-3H2,1H3,(H,15,16,17);1H. The number of benzene rings is 1. The molecule has 0 atom stereocenters. The van der Waals surface area contributed by atoms with E-state index in [0.717, 1.165) is 23.5 Å². The minimum absolute atomic E-state index is 0. The number of nitrogens with one attached hydrogen (secondary N) is 2. The van der Waals surface area contributed by atoms with Crippen LogP contribution in [0.3, 0.4) is 0 Å². The number of fused-ring (bicyclic) bond motifs is 1. The number of rotatable bonds is 4. The van der Waals surface area contributed by atoms with Crippen molar-refractivity contribution >= 4 is 45.0 Å². The van der Waals surface area contributed by atoms with Crippen LogP contribution in [0.4, 0.5) is 13.9 Å². The molecule has 1 aromatic carbocycles. The summed E-state index contributed by atoms with van der Waals surface area (Å²) in [6, 6.07) is 2.09. The van der Waals surface area contributed by atoms with Crippen molar-refractivity contribution in [2.24, 2.45) is 0 Å². The second-order valence-corrected chi connectivity index (χ2v) is 4.69. The van der Waals surface area contributed by atoms with E-state index in [9.17, 15) is 13.6 Å². The molecule has 0 saturated carbocycles. The van der Waals surface area contributed by atoms with Crippen LogP contribution < -0.4 is 10.6 Å². The predicted octanol–water partition coefficient (Wildman–Crippen LogP) is 2.54. The lowest BCUT2D eigenvalue weighted by Gasteiger charge is -1.99. The Labute approximate surface area is 118 Å². The van der Waals surface area contributed by atoms with Crippen LogP contribution in [-0.4, -0.2) is 24.5 Å². The second-order valence-electron chi connectivity index (χ2n) is 3.65. The number of hydrogen-bond acceptors (Lipinski definition) is 4. The highest BCUT2D eigenvalue weighted by Crippen LogP contribution is 2.27. The molecule has 1 amide bonds. The van der Waals surface area contributed by atoms with E-state index in [1.54, 1.807) is 7.05 Å². The number of anilines is 1. The Morgan fingerprint density at radius 1 is 1.37 bits per heavy atom. The van der Waals surface area contributed by atoms with Crippen molar-refractivity contribution in [3.63, 3.8) is 0 Å². The molecule has 0 aliphatic heterocycles. The van der Waals surface area contributed by atoms with Crippen LogP contribution in [0.5, 0.6) is 0 Å². The number of halogens is 3. The normalized spacial score (nSPS) is 10.3. The average Bonchev–Trinajstić information content (AvgIpc) is 2.68. The summed E-state index contributed by atoms with van der Waals surface area (Å²) in [7, 11) is 1.75. The number of aromatic nitrogens is 1. The molecule has 1 heterocycles. The topological polar surface area (TPSA) is 54.0 Å². The fourth-order valence-corrected chi connectivity index (χ4v) is 2.29. The highest BCUT2D eigenvalue weighted by Gasteiger charge is 2.11. The van der Waals surface area contributed by atoms with E-state index in [2.05, 4.69) is 15.6 Å². The van der Waals surface area contributed by atoms with E-state index in [1.807, 2.05) is 0 Å². The second kappa shape index (κ2) is 6.74. The van der Waals surface area contributed by atoms with Gasteiger partial charge in [-0.2, -0.15) is 0 Å². The van der Waals surface area contributed by atoms with Crippen molar-refractivity contribution in [1.82, 2.24) is 10.3 Å². The molecule has 8 heteroatoms. The molecule has 0 aliphatic rings. The molecule has 0 aliphatic carbocycles. The van der Waals surface area contributed by atoms with E-state index in [0.29, 0.717) is 28.3 Å². The van der Waals surface area contributed by atoms with Crippen LogP contribution in [0.15, 0.2) is 12.1 Å². The zero-order valence-corrected chi connectivity index (χ0v) is 11.6. The monoisotopic (exact) mass is 307 g/mol. The fraction of sp³-hybridized carbons (Fsp3) is 0.273. The highest BCUT2D eigenvalue weighted by atomic mass is 35.5. The van der Waals surface area contributed by atoms with E-state index >= 15 is 0 Å². The number of hydrogen-bond donors (Lipinski definition) is 2. The van der Waals surface area contributed by atoms with Crippen molar-refractivity contribution in [3.05, 3.63) is 23.8 Å². The van der Waals surface area contributed by atoms with Crippen molar-refractivity contribution in [2.75, 3.05) is 18.9 Å². The maximum Gasteiger partial charge on any atom is 0.227 e. The Balaban J connectivity index is 0.00000180. The summed E-state index contributed by atoms with van der Waals surface area (Å²) in [5, 5.41) is 5.78. The Morgan fingerprint density at radius 3 is 2.74 bits per heavy atom. The molecular weight excluding hydrogens is 296 g/mol. The first-order chi connectivity index (χ1) is 8.60. The van der Waals surface area contributed by atoms with Crippen molar-refractivity contribution in [3.8, 4) is 0 Å². The molecular formula is C11H12ClF2N3OS. The lowest BCUT2D eigenvalue weighted by atomic mass is 10.3. The Bertz CT molecular complexity index is 552. The van der Waals surface area contributed by atoms with Crippen LogP contribution in [0.25, 0.3) is 10.2 Å². The van der Waals surface area contributed by atoms with Gasteiger partial charge in [-0.1, -0.05) is 11.3 Å². The van der Waals surface area contributed by atoms with Gasteiger partial charge in [0, 0.05) is 19.0 Å². The molecule has 2 N–H and O–H groups in total. The summed E-state index contributed by atoms with van der Waals surface area (Å²) < 4.78 is 26.5. The molecule has 4 nitrogen and oxygen atoms in total. The maximum atomic E-state index is 13.0. The van der Waals surface area contributed by atoms with E-state index in [-0.39, 0.29) is 18.3 Å². The summed E-state index contributed by atoms with van der Waals surface area (Å²) in [5.41, 5.74) is 0.336. The number of thiazole rings is 1. The summed E-state index contributed by atoms with van der Waals surface area (Å²) in [5.74, 6) is -2.05. The van der Waals surface area contributed by atoms with Gasteiger partial charge < -0.3 is 10.6 Å². The predicted molar refractivity (Wildman–Crippen MR) is 74.0 cm³/mol.